The lowest BCUT2D eigenvalue weighted by Crippen LogP contribution is -2.13. The Morgan fingerprint density at radius 3 is 2.34 bits per heavy atom. The molecule has 29 heavy (non-hydrogen) atoms. The fourth-order valence-corrected chi connectivity index (χ4v) is 3.04. The third-order valence-electron chi connectivity index (χ3n) is 3.82. The van der Waals surface area contributed by atoms with E-state index in [1.54, 1.807) is 36.4 Å². The molecule has 0 radical (unpaired) electrons. The first-order chi connectivity index (χ1) is 13.9. The smallest absolute Gasteiger partial charge is 0.269 e. The summed E-state index contributed by atoms with van der Waals surface area (Å²) >= 11 is 12.3. The van der Waals surface area contributed by atoms with Crippen LogP contribution in [0.2, 0.25) is 10.0 Å². The van der Waals surface area contributed by atoms with E-state index in [0.717, 1.165) is 0 Å². The maximum Gasteiger partial charge on any atom is 0.269 e. The summed E-state index contributed by atoms with van der Waals surface area (Å²) in [4.78, 5) is 22.5. The maximum absolute atomic E-state index is 12.3. The Balaban J connectivity index is 1.81. The molecule has 7 nitrogen and oxygen atoms in total. The van der Waals surface area contributed by atoms with Gasteiger partial charge in [-0.2, -0.15) is 5.26 Å². The first-order valence-electron chi connectivity index (χ1n) is 8.11. The number of rotatable bonds is 5. The number of carbonyl (C=O) groups excluding carboxylic acids is 1. The van der Waals surface area contributed by atoms with E-state index in [1.807, 2.05) is 0 Å². The highest BCUT2D eigenvalue weighted by Crippen LogP contribution is 2.35. The molecular formula is C20H11Cl2N3O4. The summed E-state index contributed by atoms with van der Waals surface area (Å²) in [6.07, 6.45) is 1.27. The van der Waals surface area contributed by atoms with Crippen molar-refractivity contribution in [3.8, 4) is 17.4 Å². The van der Waals surface area contributed by atoms with Crippen molar-refractivity contribution >= 4 is 46.6 Å². The number of amides is 1. The minimum Gasteiger partial charge on any atom is -0.457 e. The van der Waals surface area contributed by atoms with Crippen molar-refractivity contribution in [2.24, 2.45) is 0 Å². The van der Waals surface area contributed by atoms with Crippen molar-refractivity contribution < 1.29 is 14.1 Å². The van der Waals surface area contributed by atoms with Crippen molar-refractivity contribution in [2.45, 2.75) is 0 Å². The van der Waals surface area contributed by atoms with E-state index in [2.05, 4.69) is 5.32 Å². The van der Waals surface area contributed by atoms with E-state index < -0.39 is 10.8 Å². The average Bonchev–Trinajstić information content (AvgIpc) is 3.14. The zero-order chi connectivity index (χ0) is 21.0. The van der Waals surface area contributed by atoms with Crippen LogP contribution in [0.15, 0.2) is 64.6 Å². The number of halogens is 2. The summed E-state index contributed by atoms with van der Waals surface area (Å²) in [5.41, 5.74) is 0.490. The molecule has 1 N–H and O–H groups in total. The standard InChI is InChI=1S/C20H11Cl2N3O4/c21-16-2-1-3-17(22)19(16)18-9-8-15(29-18)10-12(11-23)20(26)24-13-4-6-14(7-5-13)25(27)28/h1-10H,(H,24,26)/b12-10+. The van der Waals surface area contributed by atoms with E-state index in [4.69, 9.17) is 27.6 Å². The quantitative estimate of drug-likeness (QED) is 0.242. The number of nitriles is 1. The number of carbonyl (C=O) groups is 1. The van der Waals surface area contributed by atoms with Crippen LogP contribution >= 0.6 is 23.2 Å². The summed E-state index contributed by atoms with van der Waals surface area (Å²) < 4.78 is 5.65. The Morgan fingerprint density at radius 1 is 1.10 bits per heavy atom. The largest absolute Gasteiger partial charge is 0.457 e. The first-order valence-corrected chi connectivity index (χ1v) is 8.86. The third kappa shape index (κ3) is 4.63. The maximum atomic E-state index is 12.3. The second-order valence-electron chi connectivity index (χ2n) is 5.73. The van der Waals surface area contributed by atoms with Gasteiger partial charge in [-0.25, -0.2) is 0 Å². The molecule has 1 heterocycles. The van der Waals surface area contributed by atoms with Gasteiger partial charge in [0, 0.05) is 23.9 Å². The van der Waals surface area contributed by atoms with Crippen LogP contribution in [0.25, 0.3) is 17.4 Å². The first kappa shape index (κ1) is 20.1. The lowest BCUT2D eigenvalue weighted by molar-refractivity contribution is -0.384. The highest BCUT2D eigenvalue weighted by molar-refractivity contribution is 6.39. The van der Waals surface area contributed by atoms with Crippen LogP contribution in [-0.4, -0.2) is 10.8 Å². The molecule has 0 saturated heterocycles. The molecule has 3 aromatic rings. The Bertz CT molecular complexity index is 1140. The number of nitro benzene ring substituents is 1. The molecule has 2 aromatic carbocycles. The van der Waals surface area contributed by atoms with E-state index in [0.29, 0.717) is 27.1 Å². The number of nitrogens with zero attached hydrogens (tertiary/aromatic N) is 2. The van der Waals surface area contributed by atoms with Gasteiger partial charge in [-0.05, 0) is 36.4 Å². The summed E-state index contributed by atoms with van der Waals surface area (Å²) in [5.74, 6) is -0.0404. The van der Waals surface area contributed by atoms with Gasteiger partial charge in [-0.3, -0.25) is 14.9 Å². The normalized spacial score (nSPS) is 11.0. The van der Waals surface area contributed by atoms with Gasteiger partial charge in [0.25, 0.3) is 11.6 Å². The van der Waals surface area contributed by atoms with Crippen molar-refractivity contribution in [1.29, 1.82) is 5.26 Å². The van der Waals surface area contributed by atoms with Crippen LogP contribution in [0.3, 0.4) is 0 Å². The highest BCUT2D eigenvalue weighted by atomic mass is 35.5. The summed E-state index contributed by atoms with van der Waals surface area (Å²) in [6, 6.07) is 15.3. The minimum absolute atomic E-state index is 0.111. The van der Waals surface area contributed by atoms with Crippen LogP contribution < -0.4 is 5.32 Å². The van der Waals surface area contributed by atoms with E-state index in [1.165, 1.54) is 30.3 Å². The highest BCUT2D eigenvalue weighted by Gasteiger charge is 2.15. The minimum atomic E-state index is -0.685. The summed E-state index contributed by atoms with van der Waals surface area (Å²) in [5, 5.41) is 23.3. The number of hydrogen-bond acceptors (Lipinski definition) is 5. The third-order valence-corrected chi connectivity index (χ3v) is 4.45. The molecule has 0 spiro atoms. The molecule has 1 aromatic heterocycles. The Hall–Kier alpha value is -3.60. The lowest BCUT2D eigenvalue weighted by Gasteiger charge is -2.04. The summed E-state index contributed by atoms with van der Waals surface area (Å²) in [6.45, 7) is 0. The summed E-state index contributed by atoms with van der Waals surface area (Å²) in [7, 11) is 0. The van der Waals surface area contributed by atoms with Crippen LogP contribution in [-0.2, 0) is 4.79 Å². The molecule has 144 valence electrons. The lowest BCUT2D eigenvalue weighted by atomic mass is 10.2. The van der Waals surface area contributed by atoms with Gasteiger partial charge < -0.3 is 9.73 Å². The van der Waals surface area contributed by atoms with Crippen LogP contribution in [0.1, 0.15) is 5.76 Å². The molecule has 0 unspecified atom stereocenters. The van der Waals surface area contributed by atoms with Crippen molar-refractivity contribution in [3.63, 3.8) is 0 Å². The zero-order valence-electron chi connectivity index (χ0n) is 14.6. The second-order valence-corrected chi connectivity index (χ2v) is 6.54. The molecule has 1 amide bonds. The average molecular weight is 428 g/mol. The Morgan fingerprint density at radius 2 is 1.76 bits per heavy atom. The van der Waals surface area contributed by atoms with Crippen LogP contribution in [0, 0.1) is 21.4 Å². The molecule has 3 rings (SSSR count). The van der Waals surface area contributed by atoms with E-state index in [-0.39, 0.29) is 17.0 Å². The van der Waals surface area contributed by atoms with Crippen LogP contribution in [0.5, 0.6) is 0 Å². The van der Waals surface area contributed by atoms with Gasteiger partial charge in [-0.1, -0.05) is 29.3 Å². The van der Waals surface area contributed by atoms with Crippen molar-refractivity contribution in [1.82, 2.24) is 0 Å². The SMILES string of the molecule is N#C/C(=C\c1ccc(-c2c(Cl)cccc2Cl)o1)C(=O)Nc1ccc([N+](=O)[O-])cc1. The fourth-order valence-electron chi connectivity index (χ4n) is 2.45. The molecule has 0 fully saturated rings. The number of hydrogen-bond donors (Lipinski definition) is 1. The van der Waals surface area contributed by atoms with Gasteiger partial charge in [0.2, 0.25) is 0 Å². The molecule has 0 bridgehead atoms. The predicted octanol–water partition coefficient (Wildman–Crippen LogP) is 5.71. The van der Waals surface area contributed by atoms with Gasteiger partial charge in [0.1, 0.15) is 23.2 Å². The van der Waals surface area contributed by atoms with E-state index >= 15 is 0 Å². The van der Waals surface area contributed by atoms with Gasteiger partial charge in [0.05, 0.1) is 20.5 Å². The molecular weight excluding hydrogens is 417 g/mol. The van der Waals surface area contributed by atoms with Crippen molar-refractivity contribution in [2.75, 3.05) is 5.32 Å². The van der Waals surface area contributed by atoms with Gasteiger partial charge >= 0.3 is 0 Å². The monoisotopic (exact) mass is 427 g/mol. The number of benzene rings is 2. The molecule has 0 aliphatic rings. The molecule has 0 atom stereocenters. The van der Waals surface area contributed by atoms with Gasteiger partial charge in [-0.15, -0.1) is 0 Å². The van der Waals surface area contributed by atoms with Crippen LogP contribution in [0.4, 0.5) is 11.4 Å². The van der Waals surface area contributed by atoms with E-state index in [9.17, 15) is 20.2 Å². The Kier molecular flexibility index (Phi) is 5.98. The molecule has 0 saturated carbocycles. The predicted molar refractivity (Wildman–Crippen MR) is 109 cm³/mol. The van der Waals surface area contributed by atoms with Gasteiger partial charge in [0.15, 0.2) is 0 Å². The number of nitrogens with one attached hydrogen (secondary N) is 1. The molecule has 0 aliphatic heterocycles. The second kappa shape index (κ2) is 8.61. The molecule has 0 aliphatic carbocycles. The number of furan rings is 1. The molecule has 9 heteroatoms. The Labute approximate surface area is 174 Å². The number of nitro groups is 1. The van der Waals surface area contributed by atoms with Crippen molar-refractivity contribution in [3.05, 3.63) is 86.1 Å². The number of anilines is 1. The number of non-ortho nitro benzene ring substituents is 1. The zero-order valence-corrected chi connectivity index (χ0v) is 16.1. The fraction of sp³-hybridized carbons (Fsp3) is 0. The topological polar surface area (TPSA) is 109 Å².